The first-order valence-electron chi connectivity index (χ1n) is 6.77. The molecule has 120 valence electrons. The molecule has 0 radical (unpaired) electrons. The monoisotopic (exact) mass is 407 g/mol. The van der Waals surface area contributed by atoms with Crippen molar-refractivity contribution in [3.63, 3.8) is 0 Å². The lowest BCUT2D eigenvalue weighted by atomic mass is 9.77. The zero-order valence-corrected chi connectivity index (χ0v) is 14.9. The van der Waals surface area contributed by atoms with E-state index in [2.05, 4.69) is 26.1 Å². The zero-order valence-electron chi connectivity index (χ0n) is 11.7. The zero-order chi connectivity index (χ0) is 14.9. The van der Waals surface area contributed by atoms with Crippen LogP contribution in [0.4, 0.5) is 0 Å². The van der Waals surface area contributed by atoms with Gasteiger partial charge < -0.3 is 15.0 Å². The summed E-state index contributed by atoms with van der Waals surface area (Å²) in [5, 5.41) is 4.63. The van der Waals surface area contributed by atoms with Crippen LogP contribution >= 0.6 is 39.9 Å². The molecule has 0 bridgehead atoms. The van der Waals surface area contributed by atoms with E-state index in [-0.39, 0.29) is 17.9 Å². The summed E-state index contributed by atoms with van der Waals surface area (Å²) in [6, 6.07) is 5.38. The van der Waals surface area contributed by atoms with Gasteiger partial charge >= 0.3 is 0 Å². The summed E-state index contributed by atoms with van der Waals surface area (Å²) in [5.41, 5.74) is 5.77. The smallest absolute Gasteiger partial charge is 0.230 e. The van der Waals surface area contributed by atoms with Crippen LogP contribution in [-0.2, 0) is 12.0 Å². The van der Waals surface area contributed by atoms with Gasteiger partial charge in [-0.1, -0.05) is 16.8 Å². The molecule has 3 rings (SSSR count). The van der Waals surface area contributed by atoms with Gasteiger partial charge in [-0.15, -0.1) is 12.4 Å². The van der Waals surface area contributed by atoms with Crippen LogP contribution in [-0.4, -0.2) is 16.7 Å². The van der Waals surface area contributed by atoms with Crippen molar-refractivity contribution in [2.75, 3.05) is 6.61 Å². The van der Waals surface area contributed by atoms with Gasteiger partial charge in [0, 0.05) is 5.02 Å². The van der Waals surface area contributed by atoms with Crippen LogP contribution in [0.15, 0.2) is 27.2 Å². The molecule has 1 saturated carbocycles. The number of nitrogens with two attached hydrogens (primary N) is 1. The molecule has 0 saturated heterocycles. The second-order valence-corrected chi connectivity index (χ2v) is 6.49. The first-order chi connectivity index (χ1) is 10.1. The minimum atomic E-state index is -0.387. The Balaban J connectivity index is 0.00000176. The highest BCUT2D eigenvalue weighted by atomic mass is 79.9. The molecular weight excluding hydrogens is 393 g/mol. The Hall–Kier alpha value is -0.820. The average molecular weight is 409 g/mol. The Morgan fingerprint density at radius 3 is 2.82 bits per heavy atom. The summed E-state index contributed by atoms with van der Waals surface area (Å²) in [4.78, 5) is 4.36. The van der Waals surface area contributed by atoms with Gasteiger partial charge in [-0.2, -0.15) is 4.98 Å². The number of rotatable bonds is 5. The lowest BCUT2D eigenvalue weighted by Gasteiger charge is -2.34. The third-order valence-electron chi connectivity index (χ3n) is 3.63. The van der Waals surface area contributed by atoms with E-state index in [0.29, 0.717) is 29.8 Å². The standard InChI is InChI=1S/C14H15BrClN3O2.ClH/c15-10-8-9(16)2-3-11(10)20-7-4-12-18-13(19-21-12)14(17)5-1-6-14;/h2-3,8H,1,4-7,17H2;1H. The average Bonchev–Trinajstić information content (AvgIpc) is 2.88. The Labute approximate surface area is 148 Å². The molecule has 8 heteroatoms. The van der Waals surface area contributed by atoms with E-state index in [9.17, 15) is 0 Å². The van der Waals surface area contributed by atoms with Crippen LogP contribution in [0.25, 0.3) is 0 Å². The lowest BCUT2D eigenvalue weighted by Crippen LogP contribution is -2.44. The number of benzene rings is 1. The second kappa shape index (κ2) is 7.17. The number of nitrogens with zero attached hydrogens (tertiary/aromatic N) is 2. The van der Waals surface area contributed by atoms with Crippen molar-refractivity contribution >= 4 is 39.9 Å². The summed E-state index contributed by atoms with van der Waals surface area (Å²) in [6.07, 6.45) is 3.49. The molecule has 5 nitrogen and oxygen atoms in total. The fourth-order valence-corrected chi connectivity index (χ4v) is 2.98. The molecule has 2 aromatic rings. The third kappa shape index (κ3) is 3.74. The highest BCUT2D eigenvalue weighted by Gasteiger charge is 2.38. The number of hydrogen-bond donors (Lipinski definition) is 1. The summed E-state index contributed by atoms with van der Waals surface area (Å²) in [6.45, 7) is 0.444. The number of ether oxygens (including phenoxy) is 1. The Morgan fingerprint density at radius 2 is 2.18 bits per heavy atom. The molecular formula is C14H16BrCl2N3O2. The normalized spacial score (nSPS) is 15.8. The first kappa shape index (κ1) is 17.5. The van der Waals surface area contributed by atoms with Crippen molar-refractivity contribution in [2.24, 2.45) is 5.73 Å². The van der Waals surface area contributed by atoms with Gasteiger partial charge in [0.05, 0.1) is 23.0 Å². The molecule has 0 aliphatic heterocycles. The summed E-state index contributed by atoms with van der Waals surface area (Å²) < 4.78 is 11.7. The maximum absolute atomic E-state index is 6.16. The van der Waals surface area contributed by atoms with Gasteiger partial charge in [-0.25, -0.2) is 0 Å². The van der Waals surface area contributed by atoms with Gasteiger partial charge in [-0.05, 0) is 53.4 Å². The molecule has 22 heavy (non-hydrogen) atoms. The van der Waals surface area contributed by atoms with Gasteiger partial charge in [-0.3, -0.25) is 0 Å². The Bertz CT molecular complexity index is 647. The van der Waals surface area contributed by atoms with Crippen molar-refractivity contribution in [1.82, 2.24) is 10.1 Å². The van der Waals surface area contributed by atoms with Crippen LogP contribution in [0.3, 0.4) is 0 Å². The van der Waals surface area contributed by atoms with Crippen LogP contribution in [0.2, 0.25) is 5.02 Å². The van der Waals surface area contributed by atoms with E-state index >= 15 is 0 Å². The topological polar surface area (TPSA) is 74.2 Å². The second-order valence-electron chi connectivity index (χ2n) is 5.19. The largest absolute Gasteiger partial charge is 0.492 e. The molecule has 1 aromatic heterocycles. The molecule has 2 N–H and O–H groups in total. The summed E-state index contributed by atoms with van der Waals surface area (Å²) in [5.74, 6) is 1.89. The fourth-order valence-electron chi connectivity index (χ4n) is 2.18. The van der Waals surface area contributed by atoms with Gasteiger partial charge in [0.25, 0.3) is 0 Å². The molecule has 1 heterocycles. The SMILES string of the molecule is Cl.NC1(c2noc(CCOc3ccc(Cl)cc3Br)n2)CCC1. The van der Waals surface area contributed by atoms with Crippen LogP contribution < -0.4 is 10.5 Å². The maximum Gasteiger partial charge on any atom is 0.230 e. The minimum Gasteiger partial charge on any atom is -0.492 e. The van der Waals surface area contributed by atoms with Crippen molar-refractivity contribution in [3.8, 4) is 5.75 Å². The van der Waals surface area contributed by atoms with Gasteiger partial charge in [0.1, 0.15) is 5.75 Å². The molecule has 1 aromatic carbocycles. The molecule has 0 atom stereocenters. The lowest BCUT2D eigenvalue weighted by molar-refractivity contribution is 0.228. The van der Waals surface area contributed by atoms with Gasteiger partial charge in [0.15, 0.2) is 5.82 Å². The number of hydrogen-bond acceptors (Lipinski definition) is 5. The van der Waals surface area contributed by atoms with E-state index in [1.807, 2.05) is 6.07 Å². The highest BCUT2D eigenvalue weighted by Crippen LogP contribution is 2.36. The summed E-state index contributed by atoms with van der Waals surface area (Å²) in [7, 11) is 0. The quantitative estimate of drug-likeness (QED) is 0.812. The number of aromatic nitrogens is 2. The van der Waals surface area contributed by atoms with E-state index in [1.54, 1.807) is 12.1 Å². The molecule has 0 amide bonds. The van der Waals surface area contributed by atoms with Crippen molar-refractivity contribution in [1.29, 1.82) is 0 Å². The van der Waals surface area contributed by atoms with Crippen LogP contribution in [0, 0.1) is 0 Å². The van der Waals surface area contributed by atoms with Crippen LogP contribution in [0.5, 0.6) is 5.75 Å². The van der Waals surface area contributed by atoms with Crippen molar-refractivity contribution < 1.29 is 9.26 Å². The van der Waals surface area contributed by atoms with E-state index in [0.717, 1.165) is 29.5 Å². The number of halogens is 3. The first-order valence-corrected chi connectivity index (χ1v) is 7.94. The minimum absolute atomic E-state index is 0. The third-order valence-corrected chi connectivity index (χ3v) is 4.48. The molecule has 1 aliphatic carbocycles. The molecule has 0 spiro atoms. The van der Waals surface area contributed by atoms with E-state index in [4.69, 9.17) is 26.6 Å². The fraction of sp³-hybridized carbons (Fsp3) is 0.429. The van der Waals surface area contributed by atoms with Crippen molar-refractivity contribution in [2.45, 2.75) is 31.2 Å². The molecule has 1 fully saturated rings. The van der Waals surface area contributed by atoms with Gasteiger partial charge in [0.2, 0.25) is 5.89 Å². The van der Waals surface area contributed by atoms with Crippen LogP contribution in [0.1, 0.15) is 31.0 Å². The highest BCUT2D eigenvalue weighted by molar-refractivity contribution is 9.10. The predicted octanol–water partition coefficient (Wildman–Crippen LogP) is 3.87. The molecule has 1 aliphatic rings. The van der Waals surface area contributed by atoms with E-state index in [1.165, 1.54) is 0 Å². The molecule has 0 unspecified atom stereocenters. The summed E-state index contributed by atoms with van der Waals surface area (Å²) >= 11 is 9.28. The van der Waals surface area contributed by atoms with E-state index < -0.39 is 0 Å². The Morgan fingerprint density at radius 1 is 1.41 bits per heavy atom. The predicted molar refractivity (Wildman–Crippen MR) is 89.6 cm³/mol. The maximum atomic E-state index is 6.16. The Kier molecular flexibility index (Phi) is 5.71. The van der Waals surface area contributed by atoms with Crippen molar-refractivity contribution in [3.05, 3.63) is 39.4 Å².